The first kappa shape index (κ1) is 13.9. The highest BCUT2D eigenvalue weighted by molar-refractivity contribution is 9.09. The van der Waals surface area contributed by atoms with Crippen LogP contribution in [0.5, 0.6) is 0 Å². The van der Waals surface area contributed by atoms with Crippen LogP contribution in [0.2, 0.25) is 10.0 Å². The van der Waals surface area contributed by atoms with E-state index in [4.69, 9.17) is 23.2 Å². The van der Waals surface area contributed by atoms with Gasteiger partial charge in [0, 0.05) is 33.4 Å². The van der Waals surface area contributed by atoms with Crippen LogP contribution < -0.4 is 0 Å². The van der Waals surface area contributed by atoms with Crippen molar-refractivity contribution in [1.29, 1.82) is 0 Å². The van der Waals surface area contributed by atoms with Crippen molar-refractivity contribution in [1.82, 2.24) is 4.98 Å². The minimum absolute atomic E-state index is 0.0357. The van der Waals surface area contributed by atoms with Crippen LogP contribution in [0.3, 0.4) is 0 Å². The van der Waals surface area contributed by atoms with Gasteiger partial charge in [-0.3, -0.25) is 4.98 Å². The van der Waals surface area contributed by atoms with Crippen molar-refractivity contribution in [2.24, 2.45) is 0 Å². The Bertz CT molecular complexity index is 510. The largest absolute Gasteiger partial charge is 0.261 e. The summed E-state index contributed by atoms with van der Waals surface area (Å²) in [6, 6.07) is 11.4. The topological polar surface area (TPSA) is 12.9 Å². The summed E-state index contributed by atoms with van der Waals surface area (Å²) in [4.78, 5) is 4.40. The number of hydrogen-bond donors (Lipinski definition) is 0. The fourth-order valence-corrected chi connectivity index (χ4v) is 3.48. The Morgan fingerprint density at radius 3 is 2.28 bits per heavy atom. The highest BCUT2D eigenvalue weighted by Crippen LogP contribution is 2.43. The maximum absolute atomic E-state index is 6.22. The van der Waals surface area contributed by atoms with E-state index >= 15 is 0 Å². The Hall–Kier alpha value is -0.570. The van der Waals surface area contributed by atoms with E-state index in [-0.39, 0.29) is 10.7 Å². The van der Waals surface area contributed by atoms with Crippen molar-refractivity contribution in [3.8, 4) is 0 Å². The number of hydrogen-bond acceptors (Lipinski definition) is 1. The van der Waals surface area contributed by atoms with Gasteiger partial charge in [0.15, 0.2) is 0 Å². The van der Waals surface area contributed by atoms with Crippen molar-refractivity contribution in [2.45, 2.75) is 17.7 Å². The standard InChI is InChI=1S/C14H12BrCl2N/c1-9(12-7-2-3-8-18-12)14(15)13-10(16)5-4-6-11(13)17/h2-9,14H,1H3. The number of pyridine rings is 1. The zero-order valence-corrected chi connectivity index (χ0v) is 12.9. The summed E-state index contributed by atoms with van der Waals surface area (Å²) in [6.07, 6.45) is 1.79. The number of halogens is 3. The Morgan fingerprint density at radius 2 is 1.72 bits per heavy atom. The van der Waals surface area contributed by atoms with Crippen LogP contribution in [0.4, 0.5) is 0 Å². The van der Waals surface area contributed by atoms with Crippen molar-refractivity contribution < 1.29 is 0 Å². The molecule has 0 spiro atoms. The third-order valence-electron chi connectivity index (χ3n) is 2.87. The highest BCUT2D eigenvalue weighted by atomic mass is 79.9. The monoisotopic (exact) mass is 343 g/mol. The van der Waals surface area contributed by atoms with Crippen LogP contribution in [0.1, 0.15) is 28.9 Å². The fraction of sp³-hybridized carbons (Fsp3) is 0.214. The molecule has 0 aliphatic rings. The average molecular weight is 345 g/mol. The van der Waals surface area contributed by atoms with Gasteiger partial charge in [0.2, 0.25) is 0 Å². The van der Waals surface area contributed by atoms with Crippen LogP contribution >= 0.6 is 39.1 Å². The Labute approximate surface area is 125 Å². The predicted molar refractivity (Wildman–Crippen MR) is 80.8 cm³/mol. The summed E-state index contributed by atoms with van der Waals surface area (Å²) in [5.41, 5.74) is 1.93. The highest BCUT2D eigenvalue weighted by Gasteiger charge is 2.23. The van der Waals surface area contributed by atoms with Crippen molar-refractivity contribution in [3.05, 3.63) is 63.9 Å². The van der Waals surface area contributed by atoms with E-state index in [2.05, 4.69) is 27.8 Å². The molecule has 0 saturated heterocycles. The lowest BCUT2D eigenvalue weighted by molar-refractivity contribution is 0.724. The molecule has 0 saturated carbocycles. The molecule has 94 valence electrons. The smallest absolute Gasteiger partial charge is 0.0505 e. The van der Waals surface area contributed by atoms with Gasteiger partial charge in [0.1, 0.15) is 0 Å². The molecule has 0 bridgehead atoms. The van der Waals surface area contributed by atoms with Crippen molar-refractivity contribution in [3.63, 3.8) is 0 Å². The van der Waals surface area contributed by atoms with Crippen LogP contribution in [0, 0.1) is 0 Å². The van der Waals surface area contributed by atoms with Crippen LogP contribution in [0.25, 0.3) is 0 Å². The summed E-state index contributed by atoms with van der Waals surface area (Å²) >= 11 is 16.1. The third-order valence-corrected chi connectivity index (χ3v) is 4.78. The number of alkyl halides is 1. The summed E-state index contributed by atoms with van der Waals surface area (Å²) in [6.45, 7) is 2.10. The molecular formula is C14H12BrCl2N. The maximum atomic E-state index is 6.22. The molecule has 1 aromatic carbocycles. The SMILES string of the molecule is CC(c1ccccn1)C(Br)c1c(Cl)cccc1Cl. The van der Waals surface area contributed by atoms with Crippen LogP contribution in [0.15, 0.2) is 42.6 Å². The number of aromatic nitrogens is 1. The Kier molecular flexibility index (Phi) is 4.66. The molecule has 1 nitrogen and oxygen atoms in total. The third kappa shape index (κ3) is 2.87. The van der Waals surface area contributed by atoms with Gasteiger partial charge >= 0.3 is 0 Å². The summed E-state index contributed by atoms with van der Waals surface area (Å²) in [7, 11) is 0. The van der Waals surface area contributed by atoms with Gasteiger partial charge in [-0.1, -0.05) is 58.2 Å². The van der Waals surface area contributed by atoms with Gasteiger partial charge in [-0.2, -0.15) is 0 Å². The van der Waals surface area contributed by atoms with Crippen LogP contribution in [-0.4, -0.2) is 4.98 Å². The Balaban J connectivity index is 2.34. The van der Waals surface area contributed by atoms with Gasteiger partial charge in [0.25, 0.3) is 0 Å². The molecule has 4 heteroatoms. The van der Waals surface area contributed by atoms with Crippen molar-refractivity contribution >= 4 is 39.1 Å². The second kappa shape index (κ2) is 6.05. The molecule has 0 radical (unpaired) electrons. The van der Waals surface area contributed by atoms with E-state index in [9.17, 15) is 0 Å². The van der Waals surface area contributed by atoms with E-state index in [1.54, 1.807) is 6.20 Å². The molecule has 2 unspecified atom stereocenters. The first-order valence-corrected chi connectivity index (χ1v) is 7.27. The van der Waals surface area contributed by atoms with Gasteiger partial charge in [-0.05, 0) is 24.3 Å². The maximum Gasteiger partial charge on any atom is 0.0505 e. The summed E-state index contributed by atoms with van der Waals surface area (Å²) < 4.78 is 0. The minimum atomic E-state index is 0.0357. The second-order valence-corrected chi connectivity index (χ2v) is 5.88. The van der Waals surface area contributed by atoms with Gasteiger partial charge < -0.3 is 0 Å². The molecule has 0 amide bonds. The number of rotatable bonds is 3. The first-order valence-electron chi connectivity index (χ1n) is 5.60. The van der Waals surface area contributed by atoms with E-state index in [0.717, 1.165) is 11.3 Å². The molecule has 2 rings (SSSR count). The normalized spacial score (nSPS) is 14.2. The number of nitrogens with zero attached hydrogens (tertiary/aromatic N) is 1. The first-order chi connectivity index (χ1) is 8.61. The van der Waals surface area contributed by atoms with Gasteiger partial charge in [0.05, 0.1) is 4.83 Å². The van der Waals surface area contributed by atoms with Gasteiger partial charge in [-0.15, -0.1) is 0 Å². The molecule has 1 aromatic heterocycles. The zero-order valence-electron chi connectivity index (χ0n) is 9.78. The fourth-order valence-electron chi connectivity index (χ4n) is 1.82. The van der Waals surface area contributed by atoms with Crippen LogP contribution in [-0.2, 0) is 0 Å². The summed E-state index contributed by atoms with van der Waals surface area (Å²) in [5, 5.41) is 1.35. The van der Waals surface area contributed by atoms with E-state index in [1.807, 2.05) is 36.4 Å². The van der Waals surface area contributed by atoms with E-state index in [1.165, 1.54) is 0 Å². The molecule has 0 fully saturated rings. The molecule has 1 heterocycles. The molecule has 18 heavy (non-hydrogen) atoms. The zero-order chi connectivity index (χ0) is 13.1. The lowest BCUT2D eigenvalue weighted by Crippen LogP contribution is -2.05. The summed E-state index contributed by atoms with van der Waals surface area (Å²) in [5.74, 6) is 0.184. The molecule has 0 aliphatic heterocycles. The predicted octanol–water partition coefficient (Wildman–Crippen LogP) is 5.63. The lowest BCUT2D eigenvalue weighted by atomic mass is 9.97. The lowest BCUT2D eigenvalue weighted by Gasteiger charge is -2.20. The molecule has 2 aromatic rings. The average Bonchev–Trinajstić information content (AvgIpc) is 2.38. The van der Waals surface area contributed by atoms with E-state index < -0.39 is 0 Å². The van der Waals surface area contributed by atoms with Gasteiger partial charge in [-0.25, -0.2) is 0 Å². The number of benzene rings is 1. The molecular weight excluding hydrogens is 333 g/mol. The second-order valence-electron chi connectivity index (χ2n) is 4.08. The molecule has 0 aliphatic carbocycles. The Morgan fingerprint density at radius 1 is 1.06 bits per heavy atom. The minimum Gasteiger partial charge on any atom is -0.261 e. The quantitative estimate of drug-likeness (QED) is 0.657. The molecule has 0 N–H and O–H groups in total. The van der Waals surface area contributed by atoms with E-state index in [0.29, 0.717) is 10.0 Å². The van der Waals surface area contributed by atoms with Crippen molar-refractivity contribution in [2.75, 3.05) is 0 Å². The molecule has 2 atom stereocenters.